The zero-order chi connectivity index (χ0) is 15.5. The highest BCUT2D eigenvalue weighted by atomic mass is 19.1. The van der Waals surface area contributed by atoms with E-state index in [0.717, 1.165) is 44.3 Å². The van der Waals surface area contributed by atoms with Gasteiger partial charge in [0, 0.05) is 19.3 Å². The van der Waals surface area contributed by atoms with Crippen molar-refractivity contribution in [3.05, 3.63) is 41.8 Å². The Morgan fingerprint density at radius 3 is 2.24 bits per heavy atom. The van der Waals surface area contributed by atoms with Gasteiger partial charge in [-0.15, -0.1) is 0 Å². The lowest BCUT2D eigenvalue weighted by molar-refractivity contribution is 0.200. The number of rotatable bonds is 8. The zero-order valence-corrected chi connectivity index (χ0v) is 12.9. The molecule has 0 atom stereocenters. The molecule has 0 aromatic heterocycles. The molecule has 0 heterocycles. The Bertz CT molecular complexity index is 435. The minimum atomic E-state index is -0.263. The smallest absolute Gasteiger partial charge is 0.321 e. The van der Waals surface area contributed by atoms with Crippen LogP contribution in [-0.4, -0.2) is 24.0 Å². The van der Waals surface area contributed by atoms with Gasteiger partial charge in [0.1, 0.15) is 5.82 Å². The van der Waals surface area contributed by atoms with Crippen molar-refractivity contribution >= 4 is 12.1 Å². The first-order valence-corrected chi connectivity index (χ1v) is 7.65. The Morgan fingerprint density at radius 2 is 1.71 bits per heavy atom. The molecule has 3 nitrogen and oxygen atoms in total. The Morgan fingerprint density at radius 1 is 1.14 bits per heavy atom. The monoisotopic (exact) mass is 292 g/mol. The quantitative estimate of drug-likeness (QED) is 0.756. The third-order valence-corrected chi connectivity index (χ3v) is 3.20. The van der Waals surface area contributed by atoms with Gasteiger partial charge in [-0.05, 0) is 36.6 Å². The molecule has 0 saturated heterocycles. The number of unbranched alkanes of at least 4 members (excludes halogenated alkanes) is 2. The third kappa shape index (κ3) is 6.93. The molecule has 1 aromatic carbocycles. The third-order valence-electron chi connectivity index (χ3n) is 3.20. The lowest BCUT2D eigenvalue weighted by Gasteiger charge is -2.21. The van der Waals surface area contributed by atoms with Crippen molar-refractivity contribution in [3.63, 3.8) is 0 Å². The lowest BCUT2D eigenvalue weighted by atomic mass is 10.2. The van der Waals surface area contributed by atoms with Gasteiger partial charge in [-0.2, -0.15) is 0 Å². The maximum Gasteiger partial charge on any atom is 0.321 e. The number of nitrogens with one attached hydrogen (secondary N) is 1. The van der Waals surface area contributed by atoms with E-state index in [1.165, 1.54) is 12.1 Å². The number of halogens is 1. The molecule has 0 aliphatic rings. The first kappa shape index (κ1) is 17.2. The van der Waals surface area contributed by atoms with E-state index >= 15 is 0 Å². The van der Waals surface area contributed by atoms with E-state index in [0.29, 0.717) is 0 Å². The number of carbonyl (C=O) groups is 1. The van der Waals surface area contributed by atoms with Crippen LogP contribution in [-0.2, 0) is 0 Å². The van der Waals surface area contributed by atoms with E-state index in [9.17, 15) is 9.18 Å². The maximum atomic E-state index is 12.8. The van der Waals surface area contributed by atoms with Crippen LogP contribution in [0.2, 0.25) is 0 Å². The van der Waals surface area contributed by atoms with Crippen LogP contribution < -0.4 is 5.32 Å². The van der Waals surface area contributed by atoms with Crippen LogP contribution in [0.25, 0.3) is 6.08 Å². The molecule has 0 fully saturated rings. The minimum Gasteiger partial charge on any atom is -0.325 e. The number of hydrogen-bond acceptors (Lipinski definition) is 1. The second-order valence-electron chi connectivity index (χ2n) is 5.03. The second-order valence-corrected chi connectivity index (χ2v) is 5.03. The number of hydrogen-bond donors (Lipinski definition) is 1. The van der Waals surface area contributed by atoms with Crippen LogP contribution in [0.3, 0.4) is 0 Å². The predicted molar refractivity (Wildman–Crippen MR) is 85.4 cm³/mol. The van der Waals surface area contributed by atoms with Crippen molar-refractivity contribution in [2.45, 2.75) is 39.5 Å². The molecule has 0 aliphatic carbocycles. The summed E-state index contributed by atoms with van der Waals surface area (Å²) in [5.41, 5.74) is 0.852. The number of benzene rings is 1. The standard InChI is InChI=1S/C17H25FN2O/c1-3-5-13-20(14-6-4-2)17(21)19-12-11-15-7-9-16(18)10-8-15/h7-12H,3-6,13-14H2,1-2H3,(H,19,21)/b12-11+. The number of carbonyl (C=O) groups excluding carboxylic acids is 1. The second kappa shape index (κ2) is 9.97. The van der Waals surface area contributed by atoms with Gasteiger partial charge in [0.05, 0.1) is 0 Å². The van der Waals surface area contributed by atoms with Gasteiger partial charge in [-0.3, -0.25) is 0 Å². The summed E-state index contributed by atoms with van der Waals surface area (Å²) in [6.07, 6.45) is 7.54. The SMILES string of the molecule is CCCCN(CCCC)C(=O)N/C=C/c1ccc(F)cc1. The lowest BCUT2D eigenvalue weighted by Crippen LogP contribution is -2.38. The Balaban J connectivity index is 2.49. The van der Waals surface area contributed by atoms with E-state index < -0.39 is 0 Å². The molecule has 0 aliphatic heterocycles. The van der Waals surface area contributed by atoms with Gasteiger partial charge in [-0.25, -0.2) is 9.18 Å². The normalized spacial score (nSPS) is 10.8. The zero-order valence-electron chi connectivity index (χ0n) is 12.9. The molecular formula is C17H25FN2O. The van der Waals surface area contributed by atoms with Gasteiger partial charge >= 0.3 is 6.03 Å². The minimum absolute atomic E-state index is 0.0738. The number of urea groups is 1. The van der Waals surface area contributed by atoms with Crippen LogP contribution in [0, 0.1) is 5.82 Å². The van der Waals surface area contributed by atoms with Gasteiger partial charge in [0.2, 0.25) is 0 Å². The molecule has 1 aromatic rings. The summed E-state index contributed by atoms with van der Waals surface area (Å²) in [6.45, 7) is 5.80. The first-order chi connectivity index (χ1) is 10.2. The van der Waals surface area contributed by atoms with E-state index in [2.05, 4.69) is 19.2 Å². The molecule has 0 spiro atoms. The number of amides is 2. The highest BCUT2D eigenvalue weighted by Gasteiger charge is 2.10. The topological polar surface area (TPSA) is 32.3 Å². The summed E-state index contributed by atoms with van der Waals surface area (Å²) < 4.78 is 12.8. The molecule has 0 bridgehead atoms. The van der Waals surface area contributed by atoms with E-state index in [1.54, 1.807) is 24.4 Å². The van der Waals surface area contributed by atoms with Crippen LogP contribution in [0.15, 0.2) is 30.5 Å². The van der Waals surface area contributed by atoms with Gasteiger partial charge < -0.3 is 10.2 Å². The van der Waals surface area contributed by atoms with Crippen LogP contribution >= 0.6 is 0 Å². The molecule has 21 heavy (non-hydrogen) atoms. The highest BCUT2D eigenvalue weighted by molar-refractivity contribution is 5.76. The van der Waals surface area contributed by atoms with Gasteiger partial charge in [0.25, 0.3) is 0 Å². The summed E-state index contributed by atoms with van der Waals surface area (Å²) in [7, 11) is 0. The van der Waals surface area contributed by atoms with Gasteiger partial charge in [0.15, 0.2) is 0 Å². The van der Waals surface area contributed by atoms with E-state index in [-0.39, 0.29) is 11.8 Å². The highest BCUT2D eigenvalue weighted by Crippen LogP contribution is 2.04. The predicted octanol–water partition coefficient (Wildman–Crippen LogP) is 4.41. The summed E-state index contributed by atoms with van der Waals surface area (Å²) in [5, 5.41) is 2.78. The Labute approximate surface area is 126 Å². The summed E-state index contributed by atoms with van der Waals surface area (Å²) in [4.78, 5) is 14.0. The Hall–Kier alpha value is -1.84. The van der Waals surface area contributed by atoms with Gasteiger partial charge in [-0.1, -0.05) is 38.8 Å². The molecule has 0 radical (unpaired) electrons. The van der Waals surface area contributed by atoms with Crippen LogP contribution in [0.1, 0.15) is 45.1 Å². The molecule has 0 unspecified atom stereocenters. The average molecular weight is 292 g/mol. The first-order valence-electron chi connectivity index (χ1n) is 7.65. The molecule has 1 rings (SSSR count). The molecule has 1 N–H and O–H groups in total. The van der Waals surface area contributed by atoms with Crippen molar-refractivity contribution in [1.29, 1.82) is 0 Å². The molecule has 4 heteroatoms. The van der Waals surface area contributed by atoms with E-state index in [1.807, 2.05) is 4.90 Å². The average Bonchev–Trinajstić information content (AvgIpc) is 2.49. The fraction of sp³-hybridized carbons (Fsp3) is 0.471. The Kier molecular flexibility index (Phi) is 8.17. The van der Waals surface area contributed by atoms with Crippen molar-refractivity contribution in [2.75, 3.05) is 13.1 Å². The van der Waals surface area contributed by atoms with Crippen molar-refractivity contribution in [1.82, 2.24) is 10.2 Å². The maximum absolute atomic E-state index is 12.8. The summed E-state index contributed by atoms with van der Waals surface area (Å²) in [5.74, 6) is -0.263. The summed E-state index contributed by atoms with van der Waals surface area (Å²) in [6, 6.07) is 6.07. The van der Waals surface area contributed by atoms with E-state index in [4.69, 9.17) is 0 Å². The fourth-order valence-corrected chi connectivity index (χ4v) is 1.89. The fourth-order valence-electron chi connectivity index (χ4n) is 1.89. The van der Waals surface area contributed by atoms with Crippen molar-refractivity contribution in [2.24, 2.45) is 0 Å². The molecule has 116 valence electrons. The summed E-state index contributed by atoms with van der Waals surface area (Å²) >= 11 is 0. The largest absolute Gasteiger partial charge is 0.325 e. The van der Waals surface area contributed by atoms with Crippen LogP contribution in [0.5, 0.6) is 0 Å². The van der Waals surface area contributed by atoms with Crippen LogP contribution in [0.4, 0.5) is 9.18 Å². The molecule has 2 amide bonds. The number of nitrogens with zero attached hydrogens (tertiary/aromatic N) is 1. The van der Waals surface area contributed by atoms with Crippen molar-refractivity contribution < 1.29 is 9.18 Å². The molecule has 0 saturated carbocycles. The molecular weight excluding hydrogens is 267 g/mol. The van der Waals surface area contributed by atoms with Crippen molar-refractivity contribution in [3.8, 4) is 0 Å².